The zero-order chi connectivity index (χ0) is 11.3. The molecule has 0 aliphatic heterocycles. The third-order valence-electron chi connectivity index (χ3n) is 3.26. The summed E-state index contributed by atoms with van der Waals surface area (Å²) >= 11 is 0. The van der Waals surface area contributed by atoms with Crippen LogP contribution in [0.4, 0.5) is 0 Å². The van der Waals surface area contributed by atoms with Gasteiger partial charge in [0.05, 0.1) is 6.10 Å². The van der Waals surface area contributed by atoms with Crippen LogP contribution in [0, 0.1) is 11.8 Å². The molecule has 4 heteroatoms. The van der Waals surface area contributed by atoms with Crippen LogP contribution in [0.1, 0.15) is 26.2 Å². The fourth-order valence-corrected chi connectivity index (χ4v) is 2.12. The zero-order valence-corrected chi connectivity index (χ0v) is 9.66. The lowest BCUT2D eigenvalue weighted by atomic mass is 9.95. The van der Waals surface area contributed by atoms with E-state index in [1.165, 1.54) is 0 Å². The van der Waals surface area contributed by atoms with Crippen LogP contribution in [0.5, 0.6) is 0 Å². The second-order valence-corrected chi connectivity index (χ2v) is 4.32. The van der Waals surface area contributed by atoms with Gasteiger partial charge in [-0.25, -0.2) is 0 Å². The van der Waals surface area contributed by atoms with Crippen molar-refractivity contribution >= 4 is 5.91 Å². The van der Waals surface area contributed by atoms with E-state index in [1.54, 1.807) is 7.11 Å². The Kier molecular flexibility index (Phi) is 5.05. The van der Waals surface area contributed by atoms with Crippen molar-refractivity contribution in [3.63, 3.8) is 0 Å². The van der Waals surface area contributed by atoms with Gasteiger partial charge in [-0.2, -0.15) is 0 Å². The van der Waals surface area contributed by atoms with Gasteiger partial charge in [0.15, 0.2) is 0 Å². The lowest BCUT2D eigenvalue weighted by Gasteiger charge is -2.18. The molecule has 88 valence electrons. The molecule has 3 unspecified atom stereocenters. The Morgan fingerprint density at radius 3 is 2.93 bits per heavy atom. The minimum Gasteiger partial charge on any atom is -0.380 e. The molecule has 1 aliphatic rings. The van der Waals surface area contributed by atoms with Gasteiger partial charge >= 0.3 is 0 Å². The number of carbonyl (C=O) groups excluding carboxylic acids is 1. The molecule has 0 spiro atoms. The average Bonchev–Trinajstić information content (AvgIpc) is 2.73. The van der Waals surface area contributed by atoms with Crippen LogP contribution in [0.3, 0.4) is 0 Å². The summed E-state index contributed by atoms with van der Waals surface area (Å²) in [6.45, 7) is 3.15. The smallest absolute Gasteiger partial charge is 0.223 e. The van der Waals surface area contributed by atoms with E-state index in [4.69, 9.17) is 10.5 Å². The first-order chi connectivity index (χ1) is 7.19. The molecule has 0 saturated heterocycles. The molecule has 15 heavy (non-hydrogen) atoms. The molecular formula is C11H22N2O2. The largest absolute Gasteiger partial charge is 0.380 e. The summed E-state index contributed by atoms with van der Waals surface area (Å²) in [6, 6.07) is 0. The third-order valence-corrected chi connectivity index (χ3v) is 3.26. The zero-order valence-electron chi connectivity index (χ0n) is 9.66. The number of nitrogens with one attached hydrogen (secondary N) is 1. The minimum atomic E-state index is 0.0756. The number of carbonyl (C=O) groups is 1. The fourth-order valence-electron chi connectivity index (χ4n) is 2.12. The summed E-state index contributed by atoms with van der Waals surface area (Å²) in [4.78, 5) is 11.8. The van der Waals surface area contributed by atoms with Crippen LogP contribution >= 0.6 is 0 Å². The Hall–Kier alpha value is -0.610. The van der Waals surface area contributed by atoms with Gasteiger partial charge in [0.2, 0.25) is 5.91 Å². The summed E-state index contributed by atoms with van der Waals surface area (Å²) in [7, 11) is 1.65. The number of nitrogens with two attached hydrogens (primary N) is 1. The van der Waals surface area contributed by atoms with E-state index in [0.717, 1.165) is 19.3 Å². The van der Waals surface area contributed by atoms with Crippen molar-refractivity contribution in [3.8, 4) is 0 Å². The van der Waals surface area contributed by atoms with Gasteiger partial charge in [0.25, 0.3) is 0 Å². The van der Waals surface area contributed by atoms with E-state index < -0.39 is 0 Å². The molecule has 0 aromatic heterocycles. The van der Waals surface area contributed by atoms with Crippen molar-refractivity contribution in [3.05, 3.63) is 0 Å². The molecule has 0 aromatic rings. The van der Waals surface area contributed by atoms with Crippen molar-refractivity contribution in [1.29, 1.82) is 0 Å². The maximum Gasteiger partial charge on any atom is 0.223 e. The molecule has 3 N–H and O–H groups in total. The van der Waals surface area contributed by atoms with Crippen LogP contribution in [-0.4, -0.2) is 32.2 Å². The lowest BCUT2D eigenvalue weighted by molar-refractivity contribution is -0.126. The quantitative estimate of drug-likeness (QED) is 0.701. The van der Waals surface area contributed by atoms with Crippen molar-refractivity contribution in [1.82, 2.24) is 5.32 Å². The Labute approximate surface area is 91.5 Å². The highest BCUT2D eigenvalue weighted by atomic mass is 16.5. The van der Waals surface area contributed by atoms with Gasteiger partial charge in [-0.05, 0) is 32.2 Å². The molecule has 0 aromatic carbocycles. The topological polar surface area (TPSA) is 64.3 Å². The molecule has 1 amide bonds. The number of hydrogen-bond acceptors (Lipinski definition) is 3. The predicted octanol–water partition coefficient (Wildman–Crippen LogP) is 0.513. The number of amides is 1. The number of rotatable bonds is 5. The van der Waals surface area contributed by atoms with Crippen molar-refractivity contribution in [2.45, 2.75) is 32.3 Å². The van der Waals surface area contributed by atoms with Gasteiger partial charge in [0.1, 0.15) is 0 Å². The average molecular weight is 214 g/mol. The first kappa shape index (κ1) is 12.5. The predicted molar refractivity (Wildman–Crippen MR) is 59.4 cm³/mol. The molecular weight excluding hydrogens is 192 g/mol. The maximum absolute atomic E-state index is 11.8. The second kappa shape index (κ2) is 6.08. The lowest BCUT2D eigenvalue weighted by Crippen LogP contribution is -2.38. The van der Waals surface area contributed by atoms with Crippen LogP contribution in [0.25, 0.3) is 0 Å². The van der Waals surface area contributed by atoms with Gasteiger partial charge in [-0.3, -0.25) is 4.79 Å². The van der Waals surface area contributed by atoms with E-state index in [0.29, 0.717) is 19.0 Å². The van der Waals surface area contributed by atoms with Crippen LogP contribution < -0.4 is 11.1 Å². The highest BCUT2D eigenvalue weighted by Gasteiger charge is 2.31. The maximum atomic E-state index is 11.8. The molecule has 1 aliphatic carbocycles. The molecule has 1 fully saturated rings. The van der Waals surface area contributed by atoms with Crippen LogP contribution in [-0.2, 0) is 9.53 Å². The van der Waals surface area contributed by atoms with Crippen LogP contribution in [0.15, 0.2) is 0 Å². The summed E-state index contributed by atoms with van der Waals surface area (Å²) in [5, 5.41) is 2.92. The summed E-state index contributed by atoms with van der Waals surface area (Å²) in [6.07, 6.45) is 3.27. The molecule has 0 radical (unpaired) electrons. The Morgan fingerprint density at radius 2 is 2.33 bits per heavy atom. The first-order valence-electron chi connectivity index (χ1n) is 5.69. The summed E-state index contributed by atoms with van der Waals surface area (Å²) < 4.78 is 5.08. The van der Waals surface area contributed by atoms with E-state index in [-0.39, 0.29) is 17.9 Å². The standard InChI is InChI=1S/C11H22N2O2/c1-8(15-2)7-13-11(14)10-5-3-4-9(10)6-12/h8-10H,3-7,12H2,1-2H3,(H,13,14). The summed E-state index contributed by atoms with van der Waals surface area (Å²) in [5.41, 5.74) is 5.64. The SMILES string of the molecule is COC(C)CNC(=O)C1CCCC1CN. The number of hydrogen-bond donors (Lipinski definition) is 2. The van der Waals surface area contributed by atoms with E-state index in [9.17, 15) is 4.79 Å². The van der Waals surface area contributed by atoms with Gasteiger partial charge in [-0.1, -0.05) is 6.42 Å². The minimum absolute atomic E-state index is 0.0756. The normalized spacial score (nSPS) is 27.7. The molecule has 4 nitrogen and oxygen atoms in total. The molecule has 1 saturated carbocycles. The van der Waals surface area contributed by atoms with Crippen LogP contribution in [0.2, 0.25) is 0 Å². The van der Waals surface area contributed by atoms with E-state index in [2.05, 4.69) is 5.32 Å². The Bertz CT molecular complexity index is 209. The van der Waals surface area contributed by atoms with Crippen molar-refractivity contribution in [2.75, 3.05) is 20.2 Å². The van der Waals surface area contributed by atoms with E-state index in [1.807, 2.05) is 6.92 Å². The molecule has 3 atom stereocenters. The summed E-state index contributed by atoms with van der Waals surface area (Å²) in [5.74, 6) is 0.647. The first-order valence-corrected chi connectivity index (χ1v) is 5.69. The number of methoxy groups -OCH3 is 1. The Balaban J connectivity index is 2.33. The van der Waals surface area contributed by atoms with Crippen molar-refractivity contribution < 1.29 is 9.53 Å². The van der Waals surface area contributed by atoms with Gasteiger partial charge in [0, 0.05) is 19.6 Å². The van der Waals surface area contributed by atoms with Crippen molar-refractivity contribution in [2.24, 2.45) is 17.6 Å². The third kappa shape index (κ3) is 3.47. The molecule has 1 rings (SSSR count). The highest BCUT2D eigenvalue weighted by molar-refractivity contribution is 5.79. The highest BCUT2D eigenvalue weighted by Crippen LogP contribution is 2.30. The molecule has 0 heterocycles. The Morgan fingerprint density at radius 1 is 1.60 bits per heavy atom. The number of ether oxygens (including phenoxy) is 1. The second-order valence-electron chi connectivity index (χ2n) is 4.32. The van der Waals surface area contributed by atoms with Gasteiger partial charge < -0.3 is 15.8 Å². The monoisotopic (exact) mass is 214 g/mol. The van der Waals surface area contributed by atoms with Gasteiger partial charge in [-0.15, -0.1) is 0 Å². The fraction of sp³-hybridized carbons (Fsp3) is 0.909. The van der Waals surface area contributed by atoms with E-state index >= 15 is 0 Å². The molecule has 0 bridgehead atoms.